The number of nitrogens with one attached hydrogen (secondary N) is 1. The molecule has 4 nitrogen and oxygen atoms in total. The maximum atomic E-state index is 12.4. The van der Waals surface area contributed by atoms with Crippen molar-refractivity contribution in [1.29, 1.82) is 0 Å². The summed E-state index contributed by atoms with van der Waals surface area (Å²) in [5.41, 5.74) is 3.60. The molecular weight excluding hydrogens is 278 g/mol. The molecule has 0 aliphatic heterocycles. The topological polar surface area (TPSA) is 55.4 Å². The zero-order valence-corrected chi connectivity index (χ0v) is 12.6. The number of methoxy groups -OCH3 is 1. The Labute approximate surface area is 129 Å². The number of hydrogen-bond donors (Lipinski definition) is 1. The number of hydrogen-bond acceptors (Lipinski definition) is 3. The highest BCUT2D eigenvalue weighted by Crippen LogP contribution is 2.36. The van der Waals surface area contributed by atoms with E-state index in [1.807, 2.05) is 37.3 Å². The van der Waals surface area contributed by atoms with Gasteiger partial charge in [0.2, 0.25) is 0 Å². The largest absolute Gasteiger partial charge is 0.383 e. The summed E-state index contributed by atoms with van der Waals surface area (Å²) in [6, 6.07) is 12.7. The first-order valence-corrected chi connectivity index (χ1v) is 7.19. The minimum atomic E-state index is -0.198. The van der Waals surface area contributed by atoms with Gasteiger partial charge >= 0.3 is 0 Å². The van der Waals surface area contributed by atoms with Gasteiger partial charge < -0.3 is 10.1 Å². The summed E-state index contributed by atoms with van der Waals surface area (Å²) in [5.74, 6) is -0.221. The summed E-state index contributed by atoms with van der Waals surface area (Å²) in [6.07, 6.45) is 0. The fourth-order valence-electron chi connectivity index (χ4n) is 2.77. The normalized spacial score (nSPS) is 13.5. The van der Waals surface area contributed by atoms with Gasteiger partial charge in [0.05, 0.1) is 6.61 Å². The van der Waals surface area contributed by atoms with E-state index in [2.05, 4.69) is 5.32 Å². The average Bonchev–Trinajstić information content (AvgIpc) is 2.81. The van der Waals surface area contributed by atoms with Gasteiger partial charge in [-0.3, -0.25) is 9.59 Å². The Balaban J connectivity index is 1.90. The van der Waals surface area contributed by atoms with Crippen LogP contribution in [-0.4, -0.2) is 31.4 Å². The number of carbonyl (C=O) groups is 2. The van der Waals surface area contributed by atoms with Crippen LogP contribution in [0.3, 0.4) is 0 Å². The van der Waals surface area contributed by atoms with Crippen molar-refractivity contribution in [2.75, 3.05) is 13.7 Å². The van der Waals surface area contributed by atoms with Crippen molar-refractivity contribution < 1.29 is 14.3 Å². The number of carbonyl (C=O) groups excluding carboxylic acids is 2. The minimum Gasteiger partial charge on any atom is -0.383 e. The van der Waals surface area contributed by atoms with Crippen molar-refractivity contribution in [2.24, 2.45) is 0 Å². The van der Waals surface area contributed by atoms with Crippen LogP contribution in [0.2, 0.25) is 0 Å². The molecule has 0 fully saturated rings. The van der Waals surface area contributed by atoms with Crippen molar-refractivity contribution in [3.63, 3.8) is 0 Å². The van der Waals surface area contributed by atoms with E-state index >= 15 is 0 Å². The number of rotatable bonds is 4. The quantitative estimate of drug-likeness (QED) is 0.805. The highest BCUT2D eigenvalue weighted by molar-refractivity contribution is 6.22. The Morgan fingerprint density at radius 3 is 2.50 bits per heavy atom. The molecule has 0 saturated heterocycles. The van der Waals surface area contributed by atoms with E-state index < -0.39 is 0 Å². The van der Waals surface area contributed by atoms with Crippen LogP contribution in [0.5, 0.6) is 0 Å². The van der Waals surface area contributed by atoms with E-state index in [-0.39, 0.29) is 17.7 Å². The highest BCUT2D eigenvalue weighted by atomic mass is 16.5. The third-order valence-electron chi connectivity index (χ3n) is 3.78. The summed E-state index contributed by atoms with van der Waals surface area (Å²) in [4.78, 5) is 24.7. The van der Waals surface area contributed by atoms with Gasteiger partial charge in [0.1, 0.15) is 0 Å². The van der Waals surface area contributed by atoms with Gasteiger partial charge in [-0.15, -0.1) is 0 Å². The molecule has 1 amide bonds. The monoisotopic (exact) mass is 295 g/mol. The number of fused-ring (bicyclic) bond motifs is 3. The Bertz CT molecular complexity index is 752. The first-order valence-electron chi connectivity index (χ1n) is 7.19. The molecule has 0 heterocycles. The van der Waals surface area contributed by atoms with Crippen LogP contribution in [0.4, 0.5) is 0 Å². The van der Waals surface area contributed by atoms with Crippen LogP contribution >= 0.6 is 0 Å². The minimum absolute atomic E-state index is 0.0230. The molecule has 0 saturated carbocycles. The van der Waals surface area contributed by atoms with Crippen LogP contribution in [0.15, 0.2) is 42.5 Å². The molecular formula is C18H17NO3. The van der Waals surface area contributed by atoms with E-state index in [9.17, 15) is 9.59 Å². The van der Waals surface area contributed by atoms with E-state index in [0.29, 0.717) is 23.3 Å². The summed E-state index contributed by atoms with van der Waals surface area (Å²) in [5, 5.41) is 2.85. The fraction of sp³-hybridized carbons (Fsp3) is 0.222. The fourth-order valence-corrected chi connectivity index (χ4v) is 2.77. The van der Waals surface area contributed by atoms with Gasteiger partial charge in [-0.2, -0.15) is 0 Å². The predicted octanol–water partition coefficient (Wildman–Crippen LogP) is 2.66. The number of ketones is 1. The van der Waals surface area contributed by atoms with Crippen molar-refractivity contribution in [3.8, 4) is 11.1 Å². The zero-order valence-electron chi connectivity index (χ0n) is 12.6. The molecule has 0 radical (unpaired) electrons. The maximum absolute atomic E-state index is 12.4. The van der Waals surface area contributed by atoms with E-state index in [1.165, 1.54) is 0 Å². The third-order valence-corrected chi connectivity index (χ3v) is 3.78. The molecule has 2 aromatic carbocycles. The summed E-state index contributed by atoms with van der Waals surface area (Å²) >= 11 is 0. The molecule has 2 aromatic rings. The van der Waals surface area contributed by atoms with Gasteiger partial charge in [-0.1, -0.05) is 30.3 Å². The second-order valence-corrected chi connectivity index (χ2v) is 5.46. The molecule has 1 aliphatic carbocycles. The van der Waals surface area contributed by atoms with Gasteiger partial charge in [-0.05, 0) is 30.2 Å². The summed E-state index contributed by atoms with van der Waals surface area (Å²) < 4.78 is 5.00. The molecule has 1 aliphatic rings. The first-order chi connectivity index (χ1) is 10.6. The molecule has 4 heteroatoms. The zero-order chi connectivity index (χ0) is 15.7. The Kier molecular flexibility index (Phi) is 3.77. The van der Waals surface area contributed by atoms with Gasteiger partial charge in [0.25, 0.3) is 5.91 Å². The number of ether oxygens (including phenoxy) is 1. The van der Waals surface area contributed by atoms with Crippen LogP contribution in [0.25, 0.3) is 11.1 Å². The SMILES string of the molecule is COCC(C)NC(=O)c1ccc2c(c1)C(=O)c1ccccc1-2. The molecule has 112 valence electrons. The van der Waals surface area contributed by atoms with E-state index in [4.69, 9.17) is 4.74 Å². The van der Waals surface area contributed by atoms with Crippen LogP contribution in [0, 0.1) is 0 Å². The molecule has 3 rings (SSSR count). The highest BCUT2D eigenvalue weighted by Gasteiger charge is 2.27. The lowest BCUT2D eigenvalue weighted by Gasteiger charge is -2.13. The van der Waals surface area contributed by atoms with Crippen molar-refractivity contribution in [3.05, 3.63) is 59.2 Å². The van der Waals surface area contributed by atoms with Crippen LogP contribution in [0.1, 0.15) is 33.2 Å². The summed E-state index contributed by atoms with van der Waals surface area (Å²) in [7, 11) is 1.59. The molecule has 22 heavy (non-hydrogen) atoms. The average molecular weight is 295 g/mol. The molecule has 1 N–H and O–H groups in total. The molecule has 0 aromatic heterocycles. The van der Waals surface area contributed by atoms with Crippen LogP contribution < -0.4 is 5.32 Å². The van der Waals surface area contributed by atoms with Crippen LogP contribution in [-0.2, 0) is 4.74 Å². The molecule has 0 spiro atoms. The standard InChI is InChI=1S/C18H17NO3/c1-11(10-22-2)19-18(21)12-7-8-14-13-5-3-4-6-15(13)17(20)16(14)9-12/h3-9,11H,10H2,1-2H3,(H,19,21). The molecule has 1 atom stereocenters. The summed E-state index contributed by atoms with van der Waals surface area (Å²) in [6.45, 7) is 2.32. The van der Waals surface area contributed by atoms with E-state index in [1.54, 1.807) is 19.2 Å². The number of amides is 1. The maximum Gasteiger partial charge on any atom is 0.251 e. The van der Waals surface area contributed by atoms with Gasteiger partial charge in [0, 0.05) is 29.8 Å². The lowest BCUT2D eigenvalue weighted by atomic mass is 10.0. The van der Waals surface area contributed by atoms with Crippen molar-refractivity contribution in [2.45, 2.75) is 13.0 Å². The second kappa shape index (κ2) is 5.73. The Hall–Kier alpha value is -2.46. The molecule has 0 bridgehead atoms. The predicted molar refractivity (Wildman–Crippen MR) is 84.1 cm³/mol. The van der Waals surface area contributed by atoms with Gasteiger partial charge in [-0.25, -0.2) is 0 Å². The Morgan fingerprint density at radius 2 is 1.77 bits per heavy atom. The van der Waals surface area contributed by atoms with Crippen molar-refractivity contribution in [1.82, 2.24) is 5.32 Å². The second-order valence-electron chi connectivity index (χ2n) is 5.46. The number of benzene rings is 2. The Morgan fingerprint density at radius 1 is 1.09 bits per heavy atom. The lowest BCUT2D eigenvalue weighted by Crippen LogP contribution is -2.35. The van der Waals surface area contributed by atoms with Gasteiger partial charge in [0.15, 0.2) is 5.78 Å². The van der Waals surface area contributed by atoms with E-state index in [0.717, 1.165) is 11.1 Å². The third kappa shape index (κ3) is 2.42. The smallest absolute Gasteiger partial charge is 0.251 e. The van der Waals surface area contributed by atoms with Crippen molar-refractivity contribution >= 4 is 11.7 Å². The lowest BCUT2D eigenvalue weighted by molar-refractivity contribution is 0.0905. The first kappa shape index (κ1) is 14.5. The molecule has 1 unspecified atom stereocenters.